The zero-order chi connectivity index (χ0) is 13.5. The van der Waals surface area contributed by atoms with Gasteiger partial charge in [0.05, 0.1) is 13.2 Å². The molecule has 2 atom stereocenters. The van der Waals surface area contributed by atoms with Crippen LogP contribution in [0.4, 0.5) is 0 Å². The van der Waals surface area contributed by atoms with Gasteiger partial charge in [-0.2, -0.15) is 0 Å². The number of hydrogen-bond acceptors (Lipinski definition) is 5. The van der Waals surface area contributed by atoms with E-state index in [1.807, 2.05) is 6.92 Å². The van der Waals surface area contributed by atoms with E-state index in [0.717, 1.165) is 12.8 Å². The van der Waals surface area contributed by atoms with Crippen LogP contribution in [-0.2, 0) is 19.1 Å². The molecule has 0 aromatic heterocycles. The van der Waals surface area contributed by atoms with Gasteiger partial charge in [0.15, 0.2) is 0 Å². The number of esters is 1. The summed E-state index contributed by atoms with van der Waals surface area (Å²) >= 11 is 0. The molecule has 0 aliphatic carbocycles. The molecule has 1 heterocycles. The van der Waals surface area contributed by atoms with E-state index in [0.29, 0.717) is 19.6 Å². The van der Waals surface area contributed by atoms with Crippen LogP contribution in [0, 0.1) is 5.92 Å². The summed E-state index contributed by atoms with van der Waals surface area (Å²) in [6.07, 6.45) is 2.05. The third-order valence-corrected chi connectivity index (χ3v) is 3.29. The second-order valence-electron chi connectivity index (χ2n) is 4.47. The number of carbonyl (C=O) groups excluding carboxylic acids is 2. The van der Waals surface area contributed by atoms with Gasteiger partial charge in [0.2, 0.25) is 5.91 Å². The number of nitrogens with one attached hydrogen (secondary N) is 1. The van der Waals surface area contributed by atoms with Crippen LogP contribution in [0.25, 0.3) is 0 Å². The highest BCUT2D eigenvalue weighted by atomic mass is 16.5. The van der Waals surface area contributed by atoms with Crippen molar-refractivity contribution in [2.24, 2.45) is 11.7 Å². The fraction of sp³-hybridized carbons (Fsp3) is 0.833. The smallest absolute Gasteiger partial charge is 0.328 e. The molecule has 6 nitrogen and oxygen atoms in total. The van der Waals surface area contributed by atoms with E-state index in [9.17, 15) is 9.59 Å². The van der Waals surface area contributed by atoms with Crippen LogP contribution in [0.1, 0.15) is 26.2 Å². The number of ether oxygens (including phenoxy) is 2. The summed E-state index contributed by atoms with van der Waals surface area (Å²) in [5.41, 5.74) is 5.92. The Labute approximate surface area is 107 Å². The molecule has 1 aliphatic heterocycles. The maximum atomic E-state index is 11.9. The van der Waals surface area contributed by atoms with Crippen LogP contribution in [-0.4, -0.2) is 44.3 Å². The highest BCUT2D eigenvalue weighted by molar-refractivity contribution is 5.87. The average Bonchev–Trinajstić information content (AvgIpc) is 2.43. The Morgan fingerprint density at radius 3 is 2.56 bits per heavy atom. The maximum Gasteiger partial charge on any atom is 0.328 e. The second-order valence-corrected chi connectivity index (χ2v) is 4.47. The Morgan fingerprint density at radius 1 is 1.44 bits per heavy atom. The van der Waals surface area contributed by atoms with Gasteiger partial charge in [0, 0.05) is 13.2 Å². The van der Waals surface area contributed by atoms with Crippen molar-refractivity contribution in [1.82, 2.24) is 5.32 Å². The Bertz CT molecular complexity index is 290. The zero-order valence-electron chi connectivity index (χ0n) is 11.0. The monoisotopic (exact) mass is 258 g/mol. The van der Waals surface area contributed by atoms with Crippen molar-refractivity contribution in [2.75, 3.05) is 20.3 Å². The molecule has 1 aliphatic rings. The van der Waals surface area contributed by atoms with Gasteiger partial charge >= 0.3 is 5.97 Å². The van der Waals surface area contributed by atoms with Crippen LogP contribution in [0.2, 0.25) is 0 Å². The summed E-state index contributed by atoms with van der Waals surface area (Å²) < 4.78 is 9.84. The Kier molecular flexibility index (Phi) is 6.07. The van der Waals surface area contributed by atoms with E-state index in [2.05, 4.69) is 10.1 Å². The molecule has 2 unspecified atom stereocenters. The molecule has 1 amide bonds. The number of rotatable bonds is 5. The van der Waals surface area contributed by atoms with E-state index in [4.69, 9.17) is 10.5 Å². The highest BCUT2D eigenvalue weighted by Gasteiger charge is 2.29. The predicted molar refractivity (Wildman–Crippen MR) is 65.8 cm³/mol. The van der Waals surface area contributed by atoms with E-state index in [1.54, 1.807) is 0 Å². The van der Waals surface area contributed by atoms with Crippen molar-refractivity contribution in [1.29, 1.82) is 0 Å². The van der Waals surface area contributed by atoms with Gasteiger partial charge < -0.3 is 20.5 Å². The van der Waals surface area contributed by atoms with Crippen molar-refractivity contribution >= 4 is 11.9 Å². The number of amides is 1. The molecule has 0 spiro atoms. The fourth-order valence-corrected chi connectivity index (χ4v) is 2.03. The van der Waals surface area contributed by atoms with Crippen molar-refractivity contribution in [3.8, 4) is 0 Å². The predicted octanol–water partition coefficient (Wildman–Crippen LogP) is -0.192. The quantitative estimate of drug-likeness (QED) is 0.667. The van der Waals surface area contributed by atoms with E-state index in [-0.39, 0.29) is 11.8 Å². The first-order chi connectivity index (χ1) is 8.60. The third kappa shape index (κ3) is 3.96. The first kappa shape index (κ1) is 14.9. The lowest BCUT2D eigenvalue weighted by atomic mass is 9.91. The van der Waals surface area contributed by atoms with Crippen LogP contribution in [0.15, 0.2) is 0 Å². The van der Waals surface area contributed by atoms with Crippen LogP contribution >= 0.6 is 0 Å². The Morgan fingerprint density at radius 2 is 2.06 bits per heavy atom. The lowest BCUT2D eigenvalue weighted by molar-refractivity contribution is -0.145. The largest absolute Gasteiger partial charge is 0.467 e. The summed E-state index contributed by atoms with van der Waals surface area (Å²) in [4.78, 5) is 23.3. The summed E-state index contributed by atoms with van der Waals surface area (Å²) in [5.74, 6) is -0.613. The molecule has 0 saturated carbocycles. The van der Waals surface area contributed by atoms with E-state index < -0.39 is 18.1 Å². The molecule has 3 N–H and O–H groups in total. The lowest BCUT2D eigenvalue weighted by Crippen LogP contribution is -2.52. The summed E-state index contributed by atoms with van der Waals surface area (Å²) in [6.45, 7) is 3.08. The summed E-state index contributed by atoms with van der Waals surface area (Å²) in [7, 11) is 1.30. The first-order valence-electron chi connectivity index (χ1n) is 6.31. The molecule has 0 radical (unpaired) electrons. The summed E-state index contributed by atoms with van der Waals surface area (Å²) in [6, 6.07) is -1.21. The molecule has 18 heavy (non-hydrogen) atoms. The maximum absolute atomic E-state index is 11.9. The van der Waals surface area contributed by atoms with Crippen molar-refractivity contribution in [3.05, 3.63) is 0 Å². The van der Waals surface area contributed by atoms with E-state index >= 15 is 0 Å². The van der Waals surface area contributed by atoms with Gasteiger partial charge in [0.1, 0.15) is 6.04 Å². The third-order valence-electron chi connectivity index (χ3n) is 3.29. The Hall–Kier alpha value is -1.14. The van der Waals surface area contributed by atoms with Crippen molar-refractivity contribution < 1.29 is 19.1 Å². The molecular formula is C12H22N2O4. The first-order valence-corrected chi connectivity index (χ1v) is 6.31. The number of carbonyl (C=O) groups is 2. The summed E-state index contributed by atoms with van der Waals surface area (Å²) in [5, 5.41) is 2.64. The highest BCUT2D eigenvalue weighted by Crippen LogP contribution is 2.17. The van der Waals surface area contributed by atoms with Crippen molar-refractivity contribution in [2.45, 2.75) is 38.3 Å². The van der Waals surface area contributed by atoms with Crippen molar-refractivity contribution in [3.63, 3.8) is 0 Å². The minimum absolute atomic E-state index is 0.119. The molecule has 0 aromatic carbocycles. The fourth-order valence-electron chi connectivity index (χ4n) is 2.03. The van der Waals surface area contributed by atoms with Gasteiger partial charge in [-0.3, -0.25) is 4.79 Å². The molecule has 1 fully saturated rings. The minimum atomic E-state index is -0.617. The van der Waals surface area contributed by atoms with Crippen LogP contribution in [0.3, 0.4) is 0 Å². The molecule has 6 heteroatoms. The van der Waals surface area contributed by atoms with Gasteiger partial charge in [-0.25, -0.2) is 4.79 Å². The molecular weight excluding hydrogens is 236 g/mol. The zero-order valence-corrected chi connectivity index (χ0v) is 11.0. The van der Waals surface area contributed by atoms with Crippen LogP contribution < -0.4 is 11.1 Å². The number of hydrogen-bond donors (Lipinski definition) is 2. The molecule has 1 saturated heterocycles. The number of nitrogens with two attached hydrogens (primary N) is 1. The standard InChI is InChI=1S/C12H22N2O4/c1-3-9(12(16)17-2)14-11(15)10(13)8-4-6-18-7-5-8/h8-10H,3-7,13H2,1-2H3,(H,14,15). The SMILES string of the molecule is CCC(NC(=O)C(N)C1CCOCC1)C(=O)OC. The van der Waals surface area contributed by atoms with E-state index in [1.165, 1.54) is 7.11 Å². The van der Waals surface area contributed by atoms with Gasteiger partial charge in [-0.1, -0.05) is 6.92 Å². The minimum Gasteiger partial charge on any atom is -0.467 e. The normalized spacial score (nSPS) is 19.9. The molecule has 0 aromatic rings. The lowest BCUT2D eigenvalue weighted by Gasteiger charge is -2.27. The molecule has 1 rings (SSSR count). The topological polar surface area (TPSA) is 90.7 Å². The van der Waals surface area contributed by atoms with Crippen LogP contribution in [0.5, 0.6) is 0 Å². The van der Waals surface area contributed by atoms with Gasteiger partial charge in [-0.15, -0.1) is 0 Å². The number of methoxy groups -OCH3 is 1. The van der Waals surface area contributed by atoms with Gasteiger partial charge in [-0.05, 0) is 25.2 Å². The molecule has 0 bridgehead atoms. The molecule has 104 valence electrons. The Balaban J connectivity index is 2.49. The second kappa shape index (κ2) is 7.33. The van der Waals surface area contributed by atoms with Gasteiger partial charge in [0.25, 0.3) is 0 Å². The average molecular weight is 258 g/mol.